The largest absolute Gasteiger partial charge is 0.398 e. The van der Waals surface area contributed by atoms with Crippen LogP contribution in [0.1, 0.15) is 23.6 Å². The van der Waals surface area contributed by atoms with Gasteiger partial charge in [0.1, 0.15) is 5.82 Å². The van der Waals surface area contributed by atoms with Crippen molar-refractivity contribution in [2.75, 3.05) is 22.9 Å². The zero-order valence-electron chi connectivity index (χ0n) is 13.0. The van der Waals surface area contributed by atoms with Crippen molar-refractivity contribution >= 4 is 23.1 Å². The van der Waals surface area contributed by atoms with Gasteiger partial charge in [0.2, 0.25) is 0 Å². The van der Waals surface area contributed by atoms with Crippen molar-refractivity contribution in [3.8, 4) is 0 Å². The van der Waals surface area contributed by atoms with Gasteiger partial charge in [-0.25, -0.2) is 4.39 Å². The van der Waals surface area contributed by atoms with Gasteiger partial charge in [0, 0.05) is 29.4 Å². The minimum absolute atomic E-state index is 0.184. The molecule has 1 aliphatic rings. The average molecular weight is 316 g/mol. The van der Waals surface area contributed by atoms with Crippen molar-refractivity contribution in [2.45, 2.75) is 31.7 Å². The van der Waals surface area contributed by atoms with E-state index in [0.717, 1.165) is 36.5 Å². The molecule has 2 aromatic carbocycles. The van der Waals surface area contributed by atoms with Crippen LogP contribution in [0, 0.1) is 12.7 Å². The second kappa shape index (κ2) is 6.21. The van der Waals surface area contributed by atoms with Crippen molar-refractivity contribution in [1.29, 1.82) is 0 Å². The molecule has 0 atom stereocenters. The highest BCUT2D eigenvalue weighted by atomic mass is 32.2. The van der Waals surface area contributed by atoms with Gasteiger partial charge < -0.3 is 10.6 Å². The molecule has 0 aromatic heterocycles. The normalized spacial score (nSPS) is 13.5. The van der Waals surface area contributed by atoms with Crippen molar-refractivity contribution in [1.82, 2.24) is 0 Å². The molecule has 0 radical (unpaired) electrons. The lowest BCUT2D eigenvalue weighted by Crippen LogP contribution is -2.19. The molecule has 3 rings (SSSR count). The Hall–Kier alpha value is -1.68. The van der Waals surface area contributed by atoms with Crippen LogP contribution in [0.2, 0.25) is 0 Å². The van der Waals surface area contributed by atoms with Crippen LogP contribution in [-0.4, -0.2) is 12.3 Å². The Morgan fingerprint density at radius 3 is 2.68 bits per heavy atom. The fourth-order valence-corrected chi connectivity index (χ4v) is 3.86. The topological polar surface area (TPSA) is 29.3 Å². The minimum atomic E-state index is -0.184. The number of hydrogen-bond acceptors (Lipinski definition) is 3. The van der Waals surface area contributed by atoms with Gasteiger partial charge in [0.15, 0.2) is 0 Å². The van der Waals surface area contributed by atoms with Gasteiger partial charge in [0.05, 0.1) is 0 Å². The van der Waals surface area contributed by atoms with Crippen LogP contribution in [0.5, 0.6) is 0 Å². The Bertz CT molecular complexity index is 682. The fraction of sp³-hybridized carbons (Fsp3) is 0.333. The average Bonchev–Trinajstić information content (AvgIpc) is 2.90. The number of benzene rings is 2. The van der Waals surface area contributed by atoms with Gasteiger partial charge in [-0.05, 0) is 54.0 Å². The van der Waals surface area contributed by atoms with E-state index in [-0.39, 0.29) is 5.82 Å². The molecule has 0 amide bonds. The van der Waals surface area contributed by atoms with Crippen molar-refractivity contribution in [3.05, 3.63) is 52.8 Å². The van der Waals surface area contributed by atoms with Gasteiger partial charge >= 0.3 is 0 Å². The number of halogens is 1. The Morgan fingerprint density at radius 1 is 1.27 bits per heavy atom. The van der Waals surface area contributed by atoms with E-state index in [1.165, 1.54) is 33.8 Å². The second-order valence-electron chi connectivity index (χ2n) is 5.64. The summed E-state index contributed by atoms with van der Waals surface area (Å²) in [5, 5.41) is 0. The summed E-state index contributed by atoms with van der Waals surface area (Å²) >= 11 is 1.79. The first-order valence-electron chi connectivity index (χ1n) is 7.64. The predicted octanol–water partition coefficient (Wildman–Crippen LogP) is 4.39. The van der Waals surface area contributed by atoms with Gasteiger partial charge in [-0.15, -0.1) is 11.8 Å². The first-order valence-corrected chi connectivity index (χ1v) is 8.63. The molecular formula is C18H21FN2S. The first-order chi connectivity index (χ1) is 10.6. The molecule has 0 fully saturated rings. The number of nitrogens with two attached hydrogens (primary N) is 1. The summed E-state index contributed by atoms with van der Waals surface area (Å²) in [5.74, 6) is 0.830. The molecule has 0 saturated heterocycles. The van der Waals surface area contributed by atoms with Crippen LogP contribution in [0.4, 0.5) is 15.8 Å². The van der Waals surface area contributed by atoms with Crippen LogP contribution in [-0.2, 0) is 13.0 Å². The first kappa shape index (κ1) is 15.2. The van der Waals surface area contributed by atoms with E-state index in [4.69, 9.17) is 5.73 Å². The monoisotopic (exact) mass is 316 g/mol. The van der Waals surface area contributed by atoms with Crippen LogP contribution in [0.3, 0.4) is 0 Å². The molecule has 0 bridgehead atoms. The van der Waals surface area contributed by atoms with E-state index in [2.05, 4.69) is 24.8 Å². The number of thioether (sulfide) groups is 1. The standard InChI is InChI=1S/C18H21FN2S/c1-3-22-17-10-16-15(12(2)18(17)20)8-9-21(16)11-13-4-6-14(19)7-5-13/h4-7,10H,3,8-9,11,20H2,1-2H3. The second-order valence-corrected chi connectivity index (χ2v) is 6.95. The van der Waals surface area contributed by atoms with E-state index >= 15 is 0 Å². The predicted molar refractivity (Wildman–Crippen MR) is 93.1 cm³/mol. The lowest BCUT2D eigenvalue weighted by atomic mass is 10.0. The van der Waals surface area contributed by atoms with Crippen LogP contribution < -0.4 is 10.6 Å². The van der Waals surface area contributed by atoms with Crippen molar-refractivity contribution < 1.29 is 4.39 Å². The quantitative estimate of drug-likeness (QED) is 0.670. The molecule has 2 nitrogen and oxygen atoms in total. The maximum absolute atomic E-state index is 13.0. The molecule has 22 heavy (non-hydrogen) atoms. The zero-order valence-corrected chi connectivity index (χ0v) is 13.8. The lowest BCUT2D eigenvalue weighted by molar-refractivity contribution is 0.626. The molecule has 0 saturated carbocycles. The number of rotatable bonds is 4. The van der Waals surface area contributed by atoms with Gasteiger partial charge in [0.25, 0.3) is 0 Å². The van der Waals surface area contributed by atoms with E-state index < -0.39 is 0 Å². The SMILES string of the molecule is CCSc1cc2c(c(C)c1N)CCN2Cc1ccc(F)cc1. The number of nitrogen functional groups attached to an aromatic ring is 1. The van der Waals surface area contributed by atoms with Crippen LogP contribution in [0.15, 0.2) is 35.2 Å². The van der Waals surface area contributed by atoms with Gasteiger partial charge in [-0.1, -0.05) is 19.1 Å². The summed E-state index contributed by atoms with van der Waals surface area (Å²) in [6.07, 6.45) is 1.03. The number of hydrogen-bond donors (Lipinski definition) is 1. The summed E-state index contributed by atoms with van der Waals surface area (Å²) in [7, 11) is 0. The van der Waals surface area contributed by atoms with Crippen molar-refractivity contribution in [3.63, 3.8) is 0 Å². The molecule has 2 N–H and O–H groups in total. The third kappa shape index (κ3) is 2.80. The summed E-state index contributed by atoms with van der Waals surface area (Å²) in [4.78, 5) is 3.54. The Balaban J connectivity index is 1.91. The van der Waals surface area contributed by atoms with E-state index in [1.54, 1.807) is 11.8 Å². The Kier molecular flexibility index (Phi) is 4.30. The Labute approximate surface area is 135 Å². The van der Waals surface area contributed by atoms with E-state index in [1.807, 2.05) is 12.1 Å². The fourth-order valence-electron chi connectivity index (χ4n) is 3.04. The summed E-state index contributed by atoms with van der Waals surface area (Å²) in [6, 6.07) is 9.00. The summed E-state index contributed by atoms with van der Waals surface area (Å²) < 4.78 is 13.0. The van der Waals surface area contributed by atoms with E-state index in [0.29, 0.717) is 0 Å². The zero-order chi connectivity index (χ0) is 15.7. The number of anilines is 2. The molecule has 2 aromatic rings. The maximum atomic E-state index is 13.0. The number of nitrogens with zero attached hydrogens (tertiary/aromatic N) is 1. The van der Waals surface area contributed by atoms with Gasteiger partial charge in [-0.2, -0.15) is 0 Å². The molecule has 116 valence electrons. The lowest BCUT2D eigenvalue weighted by Gasteiger charge is -2.21. The Morgan fingerprint density at radius 2 is 2.00 bits per heavy atom. The molecular weight excluding hydrogens is 295 g/mol. The highest BCUT2D eigenvalue weighted by Crippen LogP contribution is 2.40. The van der Waals surface area contributed by atoms with Crippen LogP contribution >= 0.6 is 11.8 Å². The van der Waals surface area contributed by atoms with Gasteiger partial charge in [-0.3, -0.25) is 0 Å². The number of fused-ring (bicyclic) bond motifs is 1. The third-order valence-electron chi connectivity index (χ3n) is 4.26. The maximum Gasteiger partial charge on any atom is 0.123 e. The molecule has 0 aliphatic carbocycles. The molecule has 1 heterocycles. The third-order valence-corrected chi connectivity index (χ3v) is 5.20. The van der Waals surface area contributed by atoms with E-state index in [9.17, 15) is 4.39 Å². The molecule has 4 heteroatoms. The summed E-state index contributed by atoms with van der Waals surface area (Å²) in [5.41, 5.74) is 12.2. The van der Waals surface area contributed by atoms with Crippen molar-refractivity contribution in [2.24, 2.45) is 0 Å². The smallest absolute Gasteiger partial charge is 0.123 e. The molecule has 0 spiro atoms. The highest BCUT2D eigenvalue weighted by molar-refractivity contribution is 7.99. The minimum Gasteiger partial charge on any atom is -0.398 e. The molecule has 0 unspecified atom stereocenters. The van der Waals surface area contributed by atoms with Crippen LogP contribution in [0.25, 0.3) is 0 Å². The highest BCUT2D eigenvalue weighted by Gasteiger charge is 2.23. The summed E-state index contributed by atoms with van der Waals surface area (Å²) in [6.45, 7) is 6.07. The molecule has 1 aliphatic heterocycles.